The molecule has 1 amide bonds. The molecule has 0 aliphatic carbocycles. The maximum Gasteiger partial charge on any atom is 0.340 e. The van der Waals surface area contributed by atoms with Crippen molar-refractivity contribution >= 4 is 28.4 Å². The molecule has 0 aliphatic heterocycles. The van der Waals surface area contributed by atoms with Crippen LogP contribution < -0.4 is 10.6 Å². The molecule has 6 nitrogen and oxygen atoms in total. The average Bonchev–Trinajstić information content (AvgIpc) is 2.78. The number of nitrogens with two attached hydrogens (primary N) is 1. The van der Waals surface area contributed by atoms with E-state index in [1.165, 1.54) is 4.90 Å². The minimum Gasteiger partial charge on any atom is -0.478 e. The molecule has 0 fully saturated rings. The molecule has 1 heterocycles. The molecule has 1 rings (SSSR count). The lowest BCUT2D eigenvalue weighted by Gasteiger charge is -2.20. The van der Waals surface area contributed by atoms with Gasteiger partial charge in [-0.25, -0.2) is 4.79 Å². The minimum absolute atomic E-state index is 0.0918. The molecule has 2 unspecified atom stereocenters. The van der Waals surface area contributed by atoms with E-state index in [-0.39, 0.29) is 23.4 Å². The SMILES string of the molecule is Cc1nsc(N(C)C(=O)C(C)CCCC(C)N)c1C(=O)O. The second kappa shape index (κ2) is 7.51. The fourth-order valence-corrected chi connectivity index (χ4v) is 2.99. The fraction of sp³-hybridized carbons (Fsp3) is 0.643. The number of hydrogen-bond acceptors (Lipinski definition) is 5. The Hall–Kier alpha value is -1.47. The molecule has 0 saturated carbocycles. The number of aromatic carboxylic acids is 1. The summed E-state index contributed by atoms with van der Waals surface area (Å²) in [6.45, 7) is 5.43. The first kappa shape index (κ1) is 17.6. The zero-order chi connectivity index (χ0) is 16.2. The minimum atomic E-state index is -1.06. The molecule has 2 atom stereocenters. The van der Waals surface area contributed by atoms with E-state index in [0.29, 0.717) is 10.7 Å². The van der Waals surface area contributed by atoms with Gasteiger partial charge in [0, 0.05) is 19.0 Å². The number of carbonyl (C=O) groups excluding carboxylic acids is 1. The van der Waals surface area contributed by atoms with Crippen molar-refractivity contribution in [1.29, 1.82) is 0 Å². The third-order valence-electron chi connectivity index (χ3n) is 3.41. The van der Waals surface area contributed by atoms with Gasteiger partial charge in [-0.05, 0) is 38.2 Å². The van der Waals surface area contributed by atoms with Crippen molar-refractivity contribution in [3.05, 3.63) is 11.3 Å². The zero-order valence-corrected chi connectivity index (χ0v) is 13.7. The summed E-state index contributed by atoms with van der Waals surface area (Å²) < 4.78 is 4.04. The van der Waals surface area contributed by atoms with Gasteiger partial charge in [0.05, 0.1) is 5.69 Å². The topological polar surface area (TPSA) is 96.5 Å². The van der Waals surface area contributed by atoms with Crippen LogP contribution in [0.3, 0.4) is 0 Å². The largest absolute Gasteiger partial charge is 0.478 e. The van der Waals surface area contributed by atoms with Gasteiger partial charge >= 0.3 is 5.97 Å². The summed E-state index contributed by atoms with van der Waals surface area (Å²) in [6.07, 6.45) is 2.50. The monoisotopic (exact) mass is 313 g/mol. The summed E-state index contributed by atoms with van der Waals surface area (Å²) in [7, 11) is 1.60. The lowest BCUT2D eigenvalue weighted by atomic mass is 10.0. The van der Waals surface area contributed by atoms with Gasteiger partial charge in [-0.2, -0.15) is 4.37 Å². The third kappa shape index (κ3) is 4.50. The average molecular weight is 313 g/mol. The summed E-state index contributed by atoms with van der Waals surface area (Å²) >= 11 is 1.04. The van der Waals surface area contributed by atoms with Gasteiger partial charge in [0.2, 0.25) is 5.91 Å². The zero-order valence-electron chi connectivity index (χ0n) is 12.9. The number of aromatic nitrogens is 1. The van der Waals surface area contributed by atoms with Gasteiger partial charge in [-0.1, -0.05) is 13.3 Å². The lowest BCUT2D eigenvalue weighted by molar-refractivity contribution is -0.121. The van der Waals surface area contributed by atoms with Crippen molar-refractivity contribution in [2.45, 2.75) is 46.1 Å². The molecule has 0 spiro atoms. The van der Waals surface area contributed by atoms with E-state index in [4.69, 9.17) is 5.73 Å². The number of carboxylic acid groups (broad SMARTS) is 1. The van der Waals surface area contributed by atoms with Crippen LogP contribution >= 0.6 is 11.5 Å². The highest BCUT2D eigenvalue weighted by Crippen LogP contribution is 2.29. The number of hydrogen-bond donors (Lipinski definition) is 2. The molecule has 21 heavy (non-hydrogen) atoms. The maximum absolute atomic E-state index is 12.4. The Labute approximate surface area is 129 Å². The van der Waals surface area contributed by atoms with E-state index in [9.17, 15) is 14.7 Å². The van der Waals surface area contributed by atoms with Crippen molar-refractivity contribution in [3.63, 3.8) is 0 Å². The van der Waals surface area contributed by atoms with Crippen molar-refractivity contribution < 1.29 is 14.7 Å². The van der Waals surface area contributed by atoms with Crippen LogP contribution in [0, 0.1) is 12.8 Å². The van der Waals surface area contributed by atoms with E-state index in [1.807, 2.05) is 13.8 Å². The summed E-state index contributed by atoms with van der Waals surface area (Å²) in [6, 6.07) is 0.132. The number of rotatable bonds is 7. The molecule has 1 aromatic heterocycles. The standard InChI is InChI=1S/C14H23N3O3S/c1-8(6-5-7-9(2)15)12(18)17(4)13-11(14(19)20)10(3)16-21-13/h8-9H,5-7,15H2,1-4H3,(H,19,20). The van der Waals surface area contributed by atoms with Gasteiger partial charge in [0.25, 0.3) is 0 Å². The first-order valence-corrected chi connectivity index (χ1v) is 7.75. The van der Waals surface area contributed by atoms with Crippen LogP contribution in [-0.2, 0) is 4.79 Å². The number of aryl methyl sites for hydroxylation is 1. The van der Waals surface area contributed by atoms with Crippen molar-refractivity contribution in [3.8, 4) is 0 Å². The van der Waals surface area contributed by atoms with Crippen LogP contribution in [0.5, 0.6) is 0 Å². The molecule has 0 bridgehead atoms. The van der Waals surface area contributed by atoms with Crippen LogP contribution in [0.2, 0.25) is 0 Å². The summed E-state index contributed by atoms with van der Waals surface area (Å²) in [5.41, 5.74) is 6.24. The summed E-state index contributed by atoms with van der Waals surface area (Å²) in [5.74, 6) is -1.32. The molecule has 0 aliphatic rings. The van der Waals surface area contributed by atoms with Crippen molar-refractivity contribution in [1.82, 2.24) is 4.37 Å². The van der Waals surface area contributed by atoms with E-state index >= 15 is 0 Å². The third-order valence-corrected chi connectivity index (χ3v) is 4.43. The number of nitrogens with zero attached hydrogens (tertiary/aromatic N) is 2. The van der Waals surface area contributed by atoms with Crippen LogP contribution in [-0.4, -0.2) is 34.4 Å². The van der Waals surface area contributed by atoms with Gasteiger partial charge in [0.1, 0.15) is 10.6 Å². The Bertz CT molecular complexity index is 514. The summed E-state index contributed by atoms with van der Waals surface area (Å²) in [4.78, 5) is 25.1. The van der Waals surface area contributed by atoms with Crippen molar-refractivity contribution in [2.24, 2.45) is 11.7 Å². The molecule has 0 aromatic carbocycles. The molecule has 118 valence electrons. The quantitative estimate of drug-likeness (QED) is 0.805. The molecular weight excluding hydrogens is 290 g/mol. The Kier molecular flexibility index (Phi) is 6.29. The first-order chi connectivity index (χ1) is 9.75. The number of carboxylic acids is 1. The molecule has 1 aromatic rings. The van der Waals surface area contributed by atoms with Gasteiger partial charge in [0.15, 0.2) is 0 Å². The Balaban J connectivity index is 2.76. The van der Waals surface area contributed by atoms with E-state index in [0.717, 1.165) is 30.8 Å². The lowest BCUT2D eigenvalue weighted by Crippen LogP contribution is -2.32. The highest BCUT2D eigenvalue weighted by molar-refractivity contribution is 7.11. The molecule has 0 radical (unpaired) electrons. The second-order valence-corrected chi connectivity index (χ2v) is 6.21. The van der Waals surface area contributed by atoms with Gasteiger partial charge in [-0.3, -0.25) is 4.79 Å². The van der Waals surface area contributed by atoms with Crippen LogP contribution in [0.4, 0.5) is 5.00 Å². The van der Waals surface area contributed by atoms with Crippen molar-refractivity contribution in [2.75, 3.05) is 11.9 Å². The summed E-state index contributed by atoms with van der Waals surface area (Å²) in [5, 5.41) is 9.61. The van der Waals surface area contributed by atoms with Crippen LogP contribution in [0.1, 0.15) is 49.2 Å². The van der Waals surface area contributed by atoms with Gasteiger partial charge in [-0.15, -0.1) is 0 Å². The Morgan fingerprint density at radius 3 is 2.52 bits per heavy atom. The molecule has 3 N–H and O–H groups in total. The second-order valence-electron chi connectivity index (χ2n) is 5.46. The van der Waals surface area contributed by atoms with Gasteiger partial charge < -0.3 is 15.7 Å². The normalized spacial score (nSPS) is 13.8. The highest BCUT2D eigenvalue weighted by atomic mass is 32.1. The number of amides is 1. The van der Waals surface area contributed by atoms with E-state index < -0.39 is 5.97 Å². The van der Waals surface area contributed by atoms with Crippen LogP contribution in [0.15, 0.2) is 0 Å². The number of carbonyl (C=O) groups is 2. The predicted molar refractivity (Wildman–Crippen MR) is 83.9 cm³/mol. The Morgan fingerprint density at radius 2 is 2.00 bits per heavy atom. The number of anilines is 1. The first-order valence-electron chi connectivity index (χ1n) is 6.98. The van der Waals surface area contributed by atoms with Crippen LogP contribution in [0.25, 0.3) is 0 Å². The van der Waals surface area contributed by atoms with E-state index in [1.54, 1.807) is 14.0 Å². The van der Waals surface area contributed by atoms with E-state index in [2.05, 4.69) is 4.37 Å². The highest BCUT2D eigenvalue weighted by Gasteiger charge is 2.26. The smallest absolute Gasteiger partial charge is 0.340 e. The fourth-order valence-electron chi connectivity index (χ4n) is 2.13. The molecule has 0 saturated heterocycles. The predicted octanol–water partition coefficient (Wildman–Crippen LogP) is 2.27. The maximum atomic E-state index is 12.4. The molecule has 7 heteroatoms. The molecular formula is C14H23N3O3S. The Morgan fingerprint density at radius 1 is 1.38 bits per heavy atom.